The highest BCUT2D eigenvalue weighted by molar-refractivity contribution is 6.12. The summed E-state index contributed by atoms with van der Waals surface area (Å²) in [5, 5.41) is 14.1. The minimum atomic E-state index is -1.97. The first-order chi connectivity index (χ1) is 23.2. The Morgan fingerprint density at radius 3 is 2.41 bits per heavy atom. The number of halogens is 1. The van der Waals surface area contributed by atoms with Crippen LogP contribution < -0.4 is 5.32 Å². The summed E-state index contributed by atoms with van der Waals surface area (Å²) < 4.78 is 33.3. The number of rotatable bonds is 15. The van der Waals surface area contributed by atoms with E-state index in [4.69, 9.17) is 14.2 Å². The molecule has 2 N–H and O–H groups in total. The van der Waals surface area contributed by atoms with Crippen molar-refractivity contribution in [3.63, 3.8) is 0 Å². The number of carbonyl (C=O) groups is 6. The Bertz CT molecular complexity index is 1440. The minimum Gasteiger partial charge on any atom is -0.458 e. The van der Waals surface area contributed by atoms with Crippen LogP contribution in [-0.4, -0.2) is 103 Å². The number of ketones is 2. The van der Waals surface area contributed by atoms with Crippen molar-refractivity contribution in [2.24, 2.45) is 34.5 Å². The van der Waals surface area contributed by atoms with Gasteiger partial charge in [-0.2, -0.15) is 0 Å². The van der Waals surface area contributed by atoms with Gasteiger partial charge in [-0.3, -0.25) is 33.7 Å². The number of amides is 3. The molecule has 0 aromatic rings. The van der Waals surface area contributed by atoms with Gasteiger partial charge in [0, 0.05) is 42.4 Å². The number of aliphatic hydroxyl groups excluding tert-OH is 1. The molecule has 49 heavy (non-hydrogen) atoms. The van der Waals surface area contributed by atoms with Gasteiger partial charge in [-0.25, -0.2) is 4.39 Å². The Balaban J connectivity index is 1.00. The van der Waals surface area contributed by atoms with Crippen molar-refractivity contribution in [1.29, 1.82) is 0 Å². The average Bonchev–Trinajstić information content (AvgIpc) is 3.51. The Morgan fingerprint density at radius 2 is 1.69 bits per heavy atom. The van der Waals surface area contributed by atoms with Gasteiger partial charge in [-0.1, -0.05) is 25.5 Å². The molecule has 1 unspecified atom stereocenters. The van der Waals surface area contributed by atoms with Crippen molar-refractivity contribution in [2.75, 3.05) is 46.1 Å². The van der Waals surface area contributed by atoms with Crippen LogP contribution in [0.4, 0.5) is 4.39 Å². The molecule has 5 rings (SSSR count). The molecule has 268 valence electrons. The lowest BCUT2D eigenvalue weighted by atomic mass is 9.45. The van der Waals surface area contributed by atoms with Gasteiger partial charge in [0.25, 0.3) is 11.8 Å². The third-order valence-electron chi connectivity index (χ3n) is 11.6. The van der Waals surface area contributed by atoms with Crippen LogP contribution in [0.2, 0.25) is 0 Å². The number of alkyl halides is 1. The molecule has 3 saturated carbocycles. The normalized spacial score (nSPS) is 34.7. The van der Waals surface area contributed by atoms with Crippen LogP contribution in [0.1, 0.15) is 59.3 Å². The molecule has 0 spiro atoms. The average molecular weight is 687 g/mol. The van der Waals surface area contributed by atoms with Crippen molar-refractivity contribution in [3.05, 3.63) is 36.0 Å². The highest BCUT2D eigenvalue weighted by Gasteiger charge is 2.71. The number of hydrogen-bond acceptors (Lipinski definition) is 10. The number of carbonyl (C=O) groups excluding carboxylic acids is 6. The summed E-state index contributed by atoms with van der Waals surface area (Å²) in [4.78, 5) is 74.3. The van der Waals surface area contributed by atoms with Crippen LogP contribution in [0.25, 0.3) is 0 Å². The highest BCUT2D eigenvalue weighted by Crippen LogP contribution is 2.69. The molecule has 0 bridgehead atoms. The number of aliphatic hydroxyl groups is 1. The molecule has 5 aliphatic rings. The fourth-order valence-electron chi connectivity index (χ4n) is 9.27. The van der Waals surface area contributed by atoms with Gasteiger partial charge >= 0.3 is 5.97 Å². The standard InChI is InChI=1S/C36H47FN2O10/c1-22-18-26-25-5-4-23-19-24(40)10-11-35(23,3)36(25,37)28(42)20-34(26,2)33(22)27(41)21-49-32(46)9-6-29(43)38-12-14-47-16-17-48-15-13-39-30(44)7-8-31(39)45/h7-8,10-11,19,22,25-26,28,33,42H,4-6,9,12-18,20-21H2,1-3H3,(H,38,43)/t22-,25+,26+,28+,33?,34+,35+,36+/m1/s1. The van der Waals surface area contributed by atoms with E-state index in [2.05, 4.69) is 5.32 Å². The number of nitrogens with zero attached hydrogens (tertiary/aromatic N) is 1. The predicted octanol–water partition coefficient (Wildman–Crippen LogP) is 2.19. The van der Waals surface area contributed by atoms with E-state index in [0.29, 0.717) is 24.8 Å². The summed E-state index contributed by atoms with van der Waals surface area (Å²) in [6.45, 7) is 6.49. The molecule has 1 aliphatic heterocycles. The Morgan fingerprint density at radius 1 is 1.00 bits per heavy atom. The fourth-order valence-corrected chi connectivity index (χ4v) is 9.27. The minimum absolute atomic E-state index is 0.0852. The second-order valence-electron chi connectivity index (χ2n) is 14.4. The zero-order chi connectivity index (χ0) is 35.6. The summed E-state index contributed by atoms with van der Waals surface area (Å²) in [5.74, 6) is -3.52. The van der Waals surface area contributed by atoms with Crippen LogP contribution in [0, 0.1) is 34.5 Å². The van der Waals surface area contributed by atoms with Gasteiger partial charge in [-0.05, 0) is 62.0 Å². The number of hydrogen-bond donors (Lipinski definition) is 2. The van der Waals surface area contributed by atoms with Gasteiger partial charge in [0.15, 0.2) is 17.2 Å². The number of fused-ring (bicyclic) bond motifs is 5. The molecule has 4 aliphatic carbocycles. The van der Waals surface area contributed by atoms with Crippen molar-refractivity contribution in [3.8, 4) is 0 Å². The van der Waals surface area contributed by atoms with Crippen LogP contribution in [0.3, 0.4) is 0 Å². The predicted molar refractivity (Wildman–Crippen MR) is 172 cm³/mol. The maximum Gasteiger partial charge on any atom is 0.306 e. The van der Waals surface area contributed by atoms with Crippen LogP contribution in [-0.2, 0) is 43.0 Å². The van der Waals surface area contributed by atoms with E-state index in [1.165, 1.54) is 24.3 Å². The lowest BCUT2D eigenvalue weighted by molar-refractivity contribution is -0.196. The summed E-state index contributed by atoms with van der Waals surface area (Å²) in [5.41, 5.74) is -3.05. The van der Waals surface area contributed by atoms with Crippen molar-refractivity contribution in [2.45, 2.75) is 71.1 Å². The summed E-state index contributed by atoms with van der Waals surface area (Å²) >= 11 is 0. The van der Waals surface area contributed by atoms with Crippen LogP contribution in [0.5, 0.6) is 0 Å². The molecule has 1 heterocycles. The molecule has 0 aromatic carbocycles. The molecule has 0 saturated heterocycles. The summed E-state index contributed by atoms with van der Waals surface area (Å²) in [6, 6.07) is 0. The molecule has 8 atom stereocenters. The van der Waals surface area contributed by atoms with E-state index in [9.17, 15) is 33.9 Å². The first-order valence-electron chi connectivity index (χ1n) is 17.2. The van der Waals surface area contributed by atoms with Gasteiger partial charge < -0.3 is 24.6 Å². The van der Waals surface area contributed by atoms with E-state index in [0.717, 1.165) is 4.90 Å². The quantitative estimate of drug-likeness (QED) is 0.148. The lowest BCUT2D eigenvalue weighted by Gasteiger charge is -2.61. The lowest BCUT2D eigenvalue weighted by Crippen LogP contribution is -2.66. The zero-order valence-electron chi connectivity index (χ0n) is 28.4. The second kappa shape index (κ2) is 14.7. The fraction of sp³-hybridized carbons (Fsp3) is 0.667. The van der Waals surface area contributed by atoms with Crippen molar-refractivity contribution >= 4 is 35.3 Å². The number of allylic oxidation sites excluding steroid dienone is 4. The van der Waals surface area contributed by atoms with Crippen molar-refractivity contribution < 1.29 is 52.5 Å². The SMILES string of the molecule is C[C@@H]1C[C@H]2[C@@H]3CCC4=CC(=O)C=C[C@]4(C)[C@@]3(F)[C@@H](O)C[C@]2(C)C1C(=O)COC(=O)CCC(=O)NCCOCCOCCN1C(=O)C=CC1=O. The Kier molecular flexibility index (Phi) is 11.0. The largest absolute Gasteiger partial charge is 0.458 e. The van der Waals surface area contributed by atoms with E-state index in [1.807, 2.05) is 13.8 Å². The third-order valence-corrected chi connectivity index (χ3v) is 11.6. The van der Waals surface area contributed by atoms with Gasteiger partial charge in [0.1, 0.15) is 6.61 Å². The number of Topliss-reactive ketones (excluding diaryl/α,β-unsaturated/α-hetero) is 1. The second-order valence-corrected chi connectivity index (χ2v) is 14.4. The molecule has 12 nitrogen and oxygen atoms in total. The topological polar surface area (TPSA) is 166 Å². The van der Waals surface area contributed by atoms with E-state index in [1.54, 1.807) is 13.0 Å². The van der Waals surface area contributed by atoms with E-state index >= 15 is 4.39 Å². The first kappa shape index (κ1) is 36.7. The number of esters is 1. The third kappa shape index (κ3) is 7.07. The number of ether oxygens (including phenoxy) is 3. The van der Waals surface area contributed by atoms with Crippen LogP contribution in [0.15, 0.2) is 36.0 Å². The van der Waals surface area contributed by atoms with E-state index < -0.39 is 47.0 Å². The maximum atomic E-state index is 17.3. The van der Waals surface area contributed by atoms with Crippen molar-refractivity contribution in [1.82, 2.24) is 10.2 Å². The summed E-state index contributed by atoms with van der Waals surface area (Å²) in [6.07, 6.45) is 6.98. The number of nitrogens with one attached hydrogen (secondary N) is 1. The molecule has 3 amide bonds. The number of imide groups is 1. The zero-order valence-corrected chi connectivity index (χ0v) is 28.4. The molecule has 0 radical (unpaired) electrons. The first-order valence-corrected chi connectivity index (χ1v) is 17.2. The monoisotopic (exact) mass is 686 g/mol. The van der Waals surface area contributed by atoms with Gasteiger partial charge in [0.05, 0.1) is 45.5 Å². The van der Waals surface area contributed by atoms with Crippen LogP contribution >= 0.6 is 0 Å². The molecule has 3 fully saturated rings. The molecule has 13 heteroatoms. The van der Waals surface area contributed by atoms with Gasteiger partial charge in [0.2, 0.25) is 5.91 Å². The van der Waals surface area contributed by atoms with E-state index in [-0.39, 0.29) is 99.9 Å². The molecular weight excluding hydrogens is 639 g/mol. The molecular formula is C36H47FN2O10. The van der Waals surface area contributed by atoms with Gasteiger partial charge in [-0.15, -0.1) is 0 Å². The Labute approximate surface area is 285 Å². The Hall–Kier alpha value is -3.55. The summed E-state index contributed by atoms with van der Waals surface area (Å²) in [7, 11) is 0. The molecule has 0 aromatic heterocycles. The highest BCUT2D eigenvalue weighted by atomic mass is 19.1. The maximum absolute atomic E-state index is 17.3. The smallest absolute Gasteiger partial charge is 0.306 e.